The van der Waals surface area contributed by atoms with Crippen molar-refractivity contribution in [1.29, 1.82) is 0 Å². The SMILES string of the molecule is c1ccc(-c2ccc(-c3nc(-c4ccccc4)nc(N4c5cc6ccccc6cc5C5(c6cc7cccnc7cc64)c4ccsc4-c4sccc45)n3)cc2)cc1.c1ccc(-c2nc(-c3ccccc3)nc(-c3cccc(N4c5cc6ccccc6cc5C5(c6cc7cccnc7cc64)c4ccsc4-c4sccc45)c3)n2)cc1. The summed E-state index contributed by atoms with van der Waals surface area (Å²) in [6.07, 6.45) is 3.76. The van der Waals surface area contributed by atoms with Crippen LogP contribution in [0.4, 0.5) is 34.4 Å². The molecule has 0 bridgehead atoms. The first kappa shape index (κ1) is 64.4. The highest BCUT2D eigenvalue weighted by atomic mass is 32.1. The summed E-state index contributed by atoms with van der Waals surface area (Å²) in [4.78, 5) is 50.9. The van der Waals surface area contributed by atoms with E-state index < -0.39 is 10.8 Å². The molecule has 10 nitrogen and oxygen atoms in total. The lowest BCUT2D eigenvalue weighted by Gasteiger charge is -2.45. The maximum atomic E-state index is 5.38. The number of thiophene rings is 4. The third-order valence-electron chi connectivity index (χ3n) is 22.6. The zero-order chi connectivity index (χ0) is 73.6. The lowest BCUT2D eigenvalue weighted by molar-refractivity contribution is 0.755. The second kappa shape index (κ2) is 25.5. The summed E-state index contributed by atoms with van der Waals surface area (Å²) in [5, 5.41) is 16.0. The smallest absolute Gasteiger partial charge is 0.238 e. The molecule has 0 amide bonds. The second-order valence-corrected chi connectivity index (χ2v) is 32.2. The largest absolute Gasteiger partial charge is 0.310 e. The van der Waals surface area contributed by atoms with E-state index >= 15 is 0 Å². The molecule has 0 saturated carbocycles. The molecule has 2 aliphatic heterocycles. The normalized spacial score (nSPS) is 13.5. The minimum atomic E-state index is -0.550. The first-order chi connectivity index (χ1) is 55.5. The molecule has 2 aliphatic carbocycles. The van der Waals surface area contributed by atoms with Gasteiger partial charge in [-0.2, -0.15) is 9.97 Å². The Kier molecular flexibility index (Phi) is 14.7. The highest BCUT2D eigenvalue weighted by molar-refractivity contribution is 7.21. The van der Waals surface area contributed by atoms with Crippen molar-refractivity contribution in [2.75, 3.05) is 9.80 Å². The topological polar surface area (TPSA) is 110 Å². The molecule has 8 aromatic heterocycles. The van der Waals surface area contributed by atoms with Crippen molar-refractivity contribution >= 4 is 123 Å². The van der Waals surface area contributed by atoms with E-state index in [0.29, 0.717) is 35.1 Å². The van der Waals surface area contributed by atoms with Crippen molar-refractivity contribution in [1.82, 2.24) is 39.9 Å². The van der Waals surface area contributed by atoms with Crippen LogP contribution in [-0.2, 0) is 10.8 Å². The van der Waals surface area contributed by atoms with E-state index in [2.05, 4.69) is 250 Å². The van der Waals surface area contributed by atoms with Crippen LogP contribution in [0.15, 0.2) is 349 Å². The molecule has 10 heterocycles. The average Bonchev–Trinajstić information content (AvgIpc) is 1.48. The van der Waals surface area contributed by atoms with Gasteiger partial charge in [0.05, 0.1) is 44.6 Å². The van der Waals surface area contributed by atoms with E-state index in [1.807, 2.05) is 155 Å². The highest BCUT2D eigenvalue weighted by Crippen LogP contribution is 2.68. The van der Waals surface area contributed by atoms with Crippen molar-refractivity contribution in [2.24, 2.45) is 0 Å². The molecule has 0 N–H and O–H groups in total. The predicted octanol–water partition coefficient (Wildman–Crippen LogP) is 25.7. The Hall–Kier alpha value is -13.6. The third-order valence-corrected chi connectivity index (χ3v) is 26.6. The third kappa shape index (κ3) is 9.85. The van der Waals surface area contributed by atoms with Crippen LogP contribution in [0, 0.1) is 0 Å². The molecule has 0 fully saturated rings. The van der Waals surface area contributed by atoms with Gasteiger partial charge in [-0.3, -0.25) is 14.9 Å². The molecule has 524 valence electrons. The van der Waals surface area contributed by atoms with Gasteiger partial charge < -0.3 is 4.90 Å². The maximum Gasteiger partial charge on any atom is 0.238 e. The maximum absolute atomic E-state index is 5.38. The summed E-state index contributed by atoms with van der Waals surface area (Å²) in [6, 6.07) is 112. The van der Waals surface area contributed by atoms with Gasteiger partial charge in [-0.1, -0.05) is 218 Å². The monoisotopic (exact) mass is 1500 g/mol. The highest BCUT2D eigenvalue weighted by Gasteiger charge is 2.55. The van der Waals surface area contributed by atoms with Gasteiger partial charge in [0.1, 0.15) is 0 Å². The molecule has 20 aromatic rings. The van der Waals surface area contributed by atoms with E-state index in [4.69, 9.17) is 39.9 Å². The number of benzene rings is 12. The van der Waals surface area contributed by atoms with Gasteiger partial charge >= 0.3 is 0 Å². The number of fused-ring (bicyclic) bond motifs is 22. The Morgan fingerprint density at radius 2 is 0.536 bits per heavy atom. The summed E-state index contributed by atoms with van der Waals surface area (Å²) in [6.45, 7) is 0. The van der Waals surface area contributed by atoms with Crippen LogP contribution in [0.3, 0.4) is 0 Å². The fourth-order valence-electron chi connectivity index (χ4n) is 17.7. The lowest BCUT2D eigenvalue weighted by Crippen LogP contribution is -2.36. The van der Waals surface area contributed by atoms with Crippen molar-refractivity contribution in [2.45, 2.75) is 10.8 Å². The summed E-state index contributed by atoms with van der Waals surface area (Å²) in [7, 11) is 0. The fraction of sp³-hybridized carbons (Fsp3) is 0.0204. The molecule has 0 atom stereocenters. The molecule has 4 aliphatic rings. The van der Waals surface area contributed by atoms with Crippen LogP contribution < -0.4 is 9.80 Å². The zero-order valence-corrected chi connectivity index (χ0v) is 62.9. The number of hydrogen-bond acceptors (Lipinski definition) is 14. The molecule has 12 aromatic carbocycles. The van der Waals surface area contributed by atoms with Gasteiger partial charge in [-0.05, 0) is 196 Å². The minimum Gasteiger partial charge on any atom is -0.310 e. The Morgan fingerprint density at radius 1 is 0.223 bits per heavy atom. The van der Waals surface area contributed by atoms with Gasteiger partial charge in [-0.25, -0.2) is 19.9 Å². The summed E-state index contributed by atoms with van der Waals surface area (Å²) in [5.74, 6) is 3.67. The molecule has 24 rings (SSSR count). The van der Waals surface area contributed by atoms with Crippen LogP contribution in [0.5, 0.6) is 0 Å². The quantitative estimate of drug-likeness (QED) is 0.146. The molecule has 112 heavy (non-hydrogen) atoms. The molecule has 2 spiro atoms. The lowest BCUT2D eigenvalue weighted by atomic mass is 9.65. The Labute approximate surface area is 660 Å². The Bertz CT molecular complexity index is 6860. The van der Waals surface area contributed by atoms with Crippen molar-refractivity contribution < 1.29 is 0 Å². The van der Waals surface area contributed by atoms with Gasteiger partial charge in [0.2, 0.25) is 5.95 Å². The van der Waals surface area contributed by atoms with E-state index in [9.17, 15) is 0 Å². The fourth-order valence-corrected chi connectivity index (χ4v) is 21.9. The van der Waals surface area contributed by atoms with E-state index in [1.165, 1.54) is 85.7 Å². The van der Waals surface area contributed by atoms with Crippen LogP contribution >= 0.6 is 45.3 Å². The van der Waals surface area contributed by atoms with Gasteiger partial charge in [0.25, 0.3) is 0 Å². The molecular weight excluding hydrogens is 1450 g/mol. The van der Waals surface area contributed by atoms with E-state index in [0.717, 1.165) is 89.0 Å². The standard InChI is InChI=1S/2C49H29N5S2/c1-3-11-30(12-4-1)46-51-47(31-13-5-2-6-14-31)53-48(52-46)35-17-9-19-36(25-35)54-42-28-33-16-8-7-15-32(33)26-39(42)49(37-20-23-55-44(37)45-38(49)21-24-56-45)40-27-34-18-10-22-50-41(34)29-43(40)54;1-3-10-30(11-4-1)31-17-19-33(20-18-31)47-51-46(32-12-5-2-6-13-32)52-48(53-47)54-42-28-35-15-8-7-14-34(35)26-39(42)49(37-21-24-55-44(37)45-38(49)22-25-56-45)40-27-36-16-9-23-50-41(36)29-43(40)54/h2*1-29H. The zero-order valence-electron chi connectivity index (χ0n) is 59.6. The first-order valence-electron chi connectivity index (χ1n) is 37.2. The van der Waals surface area contributed by atoms with Crippen molar-refractivity contribution in [3.05, 3.63) is 394 Å². The van der Waals surface area contributed by atoms with Crippen LogP contribution in [0.2, 0.25) is 0 Å². The van der Waals surface area contributed by atoms with E-state index in [1.54, 1.807) is 0 Å². The predicted molar refractivity (Wildman–Crippen MR) is 460 cm³/mol. The Balaban J connectivity index is 0.000000134. The van der Waals surface area contributed by atoms with Crippen LogP contribution in [0.1, 0.15) is 44.5 Å². The summed E-state index contributed by atoms with van der Waals surface area (Å²) in [5.41, 5.74) is 23.3. The second-order valence-electron chi connectivity index (χ2n) is 28.6. The summed E-state index contributed by atoms with van der Waals surface area (Å²) < 4.78 is 0. The first-order valence-corrected chi connectivity index (χ1v) is 40.7. The number of hydrogen-bond donors (Lipinski definition) is 0. The molecule has 0 unspecified atom stereocenters. The number of rotatable bonds is 8. The summed E-state index contributed by atoms with van der Waals surface area (Å²) >= 11 is 7.35. The minimum absolute atomic E-state index is 0.499. The van der Waals surface area contributed by atoms with Gasteiger partial charge in [-0.15, -0.1) is 45.3 Å². The van der Waals surface area contributed by atoms with Gasteiger partial charge in [0, 0.05) is 76.2 Å². The van der Waals surface area contributed by atoms with Crippen LogP contribution in [-0.4, -0.2) is 39.9 Å². The molecule has 0 radical (unpaired) electrons. The van der Waals surface area contributed by atoms with Crippen molar-refractivity contribution in [3.63, 3.8) is 0 Å². The molecular formula is C98H58N10S4. The average molecular weight is 1500 g/mol. The number of nitrogens with zero attached hydrogens (tertiary/aromatic N) is 10. The van der Waals surface area contributed by atoms with Crippen LogP contribution in [0.25, 0.3) is 131 Å². The molecule has 0 saturated heterocycles. The number of pyridine rings is 2. The van der Waals surface area contributed by atoms with E-state index in [-0.39, 0.29) is 0 Å². The number of aromatic nitrogens is 8. The van der Waals surface area contributed by atoms with Gasteiger partial charge in [0.15, 0.2) is 29.1 Å². The van der Waals surface area contributed by atoms with Crippen molar-refractivity contribution in [3.8, 4) is 87.6 Å². The molecule has 14 heteroatoms. The Morgan fingerprint density at radius 3 is 0.973 bits per heavy atom. The number of anilines is 6.